The maximum Gasteiger partial charge on any atom is 0.408 e. The van der Waals surface area contributed by atoms with E-state index in [0.717, 1.165) is 10.4 Å². The Balaban J connectivity index is 1.63. The lowest BCUT2D eigenvalue weighted by Crippen LogP contribution is -2.61. The normalized spacial score (nSPS) is 13.1. The molecule has 4 aromatic rings. The van der Waals surface area contributed by atoms with Gasteiger partial charge in [0.1, 0.15) is 11.4 Å². The highest BCUT2D eigenvalue weighted by Crippen LogP contribution is 2.31. The quantitative estimate of drug-likeness (QED) is 0.190. The lowest BCUT2D eigenvalue weighted by atomic mass is 9.86. The van der Waals surface area contributed by atoms with Crippen molar-refractivity contribution in [3.8, 4) is 10.4 Å². The number of fused-ring (bicyclic) bond motifs is 1. The van der Waals surface area contributed by atoms with E-state index in [-0.39, 0.29) is 12.5 Å². The standard InChI is InChI=1S/C30H35N5O5S/c1-17(2)30(27(37)38,34-28(39)40-29(4,5)6)16-35-18(3)32-23-15-20(10-12-24(23)35)26(36)33-22-14-19(9-11-21(22)31)25-8-7-13-41-25/h7-15,17H,16,31H2,1-6H3,(H,33,36)(H,34,39)(H,37,38)/t30-/m0/s1. The number of amides is 2. The number of carboxylic acids is 1. The molecular weight excluding hydrogens is 542 g/mol. The lowest BCUT2D eigenvalue weighted by molar-refractivity contribution is -0.147. The number of benzene rings is 2. The number of alkyl carbamates (subject to hydrolysis) is 1. The molecule has 5 N–H and O–H groups in total. The fraction of sp³-hybridized carbons (Fsp3) is 0.333. The molecular formula is C30H35N5O5S. The topological polar surface area (TPSA) is 149 Å². The predicted octanol–water partition coefficient (Wildman–Crippen LogP) is 5.91. The van der Waals surface area contributed by atoms with Crippen LogP contribution in [0.4, 0.5) is 16.2 Å². The van der Waals surface area contributed by atoms with E-state index in [0.29, 0.717) is 33.8 Å². The molecule has 2 aromatic carbocycles. The van der Waals surface area contributed by atoms with Gasteiger partial charge in [-0.1, -0.05) is 26.0 Å². The largest absolute Gasteiger partial charge is 0.479 e. The van der Waals surface area contributed by atoms with Crippen LogP contribution in [0.15, 0.2) is 53.9 Å². The number of carbonyl (C=O) groups is 3. The van der Waals surface area contributed by atoms with Crippen LogP contribution in [0.1, 0.15) is 50.8 Å². The molecule has 0 spiro atoms. The number of rotatable bonds is 8. The highest BCUT2D eigenvalue weighted by molar-refractivity contribution is 7.13. The average molecular weight is 578 g/mol. The van der Waals surface area contributed by atoms with Gasteiger partial charge >= 0.3 is 12.1 Å². The van der Waals surface area contributed by atoms with Gasteiger partial charge in [-0.05, 0) is 81.0 Å². The van der Waals surface area contributed by atoms with Crippen molar-refractivity contribution in [1.29, 1.82) is 0 Å². The summed E-state index contributed by atoms with van der Waals surface area (Å²) in [5.41, 5.74) is 7.05. The summed E-state index contributed by atoms with van der Waals surface area (Å²) < 4.78 is 7.09. The van der Waals surface area contributed by atoms with Crippen LogP contribution in [0.2, 0.25) is 0 Å². The summed E-state index contributed by atoms with van der Waals surface area (Å²) in [7, 11) is 0. The lowest BCUT2D eigenvalue weighted by Gasteiger charge is -2.35. The maximum atomic E-state index is 13.2. The fourth-order valence-corrected chi connectivity index (χ4v) is 5.24. The molecule has 0 saturated carbocycles. The number of hydrogen-bond donors (Lipinski definition) is 4. The zero-order valence-corrected chi connectivity index (χ0v) is 24.8. The highest BCUT2D eigenvalue weighted by Gasteiger charge is 2.45. The predicted molar refractivity (Wildman–Crippen MR) is 161 cm³/mol. The number of aliphatic carboxylic acids is 1. The minimum Gasteiger partial charge on any atom is -0.479 e. The third-order valence-corrected chi connectivity index (χ3v) is 7.73. The molecule has 0 aliphatic carbocycles. The Morgan fingerprint density at radius 1 is 1.12 bits per heavy atom. The van der Waals surface area contributed by atoms with E-state index in [1.807, 2.05) is 29.6 Å². The molecule has 0 unspecified atom stereocenters. The zero-order chi connectivity index (χ0) is 30.1. The van der Waals surface area contributed by atoms with Crippen LogP contribution in [0, 0.1) is 12.8 Å². The van der Waals surface area contributed by atoms with Gasteiger partial charge in [0, 0.05) is 10.4 Å². The highest BCUT2D eigenvalue weighted by atomic mass is 32.1. The molecule has 10 nitrogen and oxygen atoms in total. The number of imidazole rings is 1. The summed E-state index contributed by atoms with van der Waals surface area (Å²) in [4.78, 5) is 44.1. The minimum atomic E-state index is -1.68. The van der Waals surface area contributed by atoms with Crippen LogP contribution in [-0.4, -0.2) is 43.8 Å². The van der Waals surface area contributed by atoms with Gasteiger partial charge in [0.05, 0.1) is 29.0 Å². The number of carbonyl (C=O) groups excluding carboxylic acids is 2. The van der Waals surface area contributed by atoms with E-state index < -0.39 is 29.1 Å². The molecule has 0 fully saturated rings. The molecule has 41 heavy (non-hydrogen) atoms. The average Bonchev–Trinajstić information content (AvgIpc) is 3.51. The first-order valence-corrected chi connectivity index (χ1v) is 14.0. The molecule has 0 radical (unpaired) electrons. The fourth-order valence-electron chi connectivity index (χ4n) is 4.52. The Morgan fingerprint density at radius 3 is 2.46 bits per heavy atom. The number of ether oxygens (including phenoxy) is 1. The zero-order valence-electron chi connectivity index (χ0n) is 23.9. The van der Waals surface area contributed by atoms with Crippen molar-refractivity contribution < 1.29 is 24.2 Å². The number of nitrogens with two attached hydrogens (primary N) is 1. The maximum absolute atomic E-state index is 13.2. The van der Waals surface area contributed by atoms with Crippen LogP contribution < -0.4 is 16.4 Å². The van der Waals surface area contributed by atoms with E-state index >= 15 is 0 Å². The second-order valence-corrected chi connectivity index (χ2v) is 12.2. The van der Waals surface area contributed by atoms with Crippen molar-refractivity contribution in [2.24, 2.45) is 5.92 Å². The molecule has 2 heterocycles. The van der Waals surface area contributed by atoms with Crippen LogP contribution in [0.3, 0.4) is 0 Å². The number of nitrogens with one attached hydrogen (secondary N) is 2. The van der Waals surface area contributed by atoms with Gasteiger partial charge in [-0.2, -0.15) is 0 Å². The number of thiophene rings is 1. The van der Waals surface area contributed by atoms with E-state index in [9.17, 15) is 19.5 Å². The molecule has 0 aliphatic heterocycles. The van der Waals surface area contributed by atoms with Gasteiger partial charge < -0.3 is 30.8 Å². The number of aromatic nitrogens is 2. The molecule has 1 atom stereocenters. The Kier molecular flexibility index (Phi) is 8.12. The number of nitrogen functional groups attached to an aromatic ring is 1. The van der Waals surface area contributed by atoms with Gasteiger partial charge in [-0.25, -0.2) is 14.6 Å². The Bertz CT molecular complexity index is 1600. The van der Waals surface area contributed by atoms with Crippen molar-refractivity contribution in [3.05, 3.63) is 65.3 Å². The summed E-state index contributed by atoms with van der Waals surface area (Å²) >= 11 is 1.59. The monoisotopic (exact) mass is 577 g/mol. The van der Waals surface area contributed by atoms with E-state index in [4.69, 9.17) is 10.5 Å². The summed E-state index contributed by atoms with van der Waals surface area (Å²) in [6.45, 7) is 10.2. The number of anilines is 2. The molecule has 4 rings (SSSR count). The number of carboxylic acid groups (broad SMARTS) is 1. The molecule has 0 bridgehead atoms. The van der Waals surface area contributed by atoms with Crippen molar-refractivity contribution in [2.45, 2.75) is 59.2 Å². The Labute approximate surface area is 242 Å². The third-order valence-electron chi connectivity index (χ3n) is 6.81. The Hall–Kier alpha value is -4.38. The SMILES string of the molecule is Cc1nc2cc(C(=O)Nc3cc(-c4cccs4)ccc3N)ccc2n1C[C@@](NC(=O)OC(C)(C)C)(C(=O)O)C(C)C. The first-order valence-electron chi connectivity index (χ1n) is 13.2. The van der Waals surface area contributed by atoms with E-state index in [1.54, 1.807) is 81.7 Å². The van der Waals surface area contributed by atoms with Gasteiger partial charge in [0.25, 0.3) is 5.91 Å². The van der Waals surface area contributed by atoms with Gasteiger partial charge in [0.15, 0.2) is 5.54 Å². The van der Waals surface area contributed by atoms with Crippen molar-refractivity contribution >= 4 is 51.7 Å². The van der Waals surface area contributed by atoms with Gasteiger partial charge in [-0.3, -0.25) is 4.79 Å². The third kappa shape index (κ3) is 6.35. The second-order valence-electron chi connectivity index (χ2n) is 11.2. The van der Waals surface area contributed by atoms with E-state index in [2.05, 4.69) is 15.6 Å². The molecule has 0 aliphatic rings. The minimum absolute atomic E-state index is 0.0981. The van der Waals surface area contributed by atoms with Gasteiger partial charge in [0.2, 0.25) is 0 Å². The smallest absolute Gasteiger partial charge is 0.408 e. The Morgan fingerprint density at radius 2 is 1.85 bits per heavy atom. The van der Waals surface area contributed by atoms with Crippen molar-refractivity contribution in [3.63, 3.8) is 0 Å². The van der Waals surface area contributed by atoms with Crippen LogP contribution in [0.25, 0.3) is 21.5 Å². The number of nitrogens with zero attached hydrogens (tertiary/aromatic N) is 2. The van der Waals surface area contributed by atoms with Crippen LogP contribution in [-0.2, 0) is 16.1 Å². The summed E-state index contributed by atoms with van der Waals surface area (Å²) in [6, 6.07) is 14.5. The van der Waals surface area contributed by atoms with Crippen molar-refractivity contribution in [1.82, 2.24) is 14.9 Å². The van der Waals surface area contributed by atoms with Crippen LogP contribution >= 0.6 is 11.3 Å². The summed E-state index contributed by atoms with van der Waals surface area (Å²) in [6.07, 6.45) is -0.822. The molecule has 2 amide bonds. The molecule has 2 aromatic heterocycles. The number of aryl methyl sites for hydroxylation is 1. The summed E-state index contributed by atoms with van der Waals surface area (Å²) in [5.74, 6) is -1.52. The van der Waals surface area contributed by atoms with Gasteiger partial charge in [-0.15, -0.1) is 11.3 Å². The molecule has 216 valence electrons. The van der Waals surface area contributed by atoms with Crippen molar-refractivity contribution in [2.75, 3.05) is 11.1 Å². The first-order chi connectivity index (χ1) is 19.2. The van der Waals surface area contributed by atoms with Crippen LogP contribution in [0.5, 0.6) is 0 Å². The first kappa shape index (κ1) is 29.6. The van der Waals surface area contributed by atoms with E-state index in [1.165, 1.54) is 0 Å². The number of hydrogen-bond acceptors (Lipinski definition) is 7. The molecule has 0 saturated heterocycles. The molecule has 11 heteroatoms. The summed E-state index contributed by atoms with van der Waals surface area (Å²) in [5, 5.41) is 17.8. The second kappa shape index (κ2) is 11.2.